The van der Waals surface area contributed by atoms with Crippen molar-refractivity contribution in [2.24, 2.45) is 5.92 Å². The molecule has 1 aliphatic rings. The number of hydrogen-bond donors (Lipinski definition) is 2. The predicted molar refractivity (Wildman–Crippen MR) is 125 cm³/mol. The largest absolute Gasteiger partial charge is 0.350 e. The predicted octanol–water partition coefficient (Wildman–Crippen LogP) is 3.01. The van der Waals surface area contributed by atoms with E-state index in [1.807, 2.05) is 19.9 Å². The van der Waals surface area contributed by atoms with Crippen molar-refractivity contribution in [2.75, 3.05) is 6.54 Å². The van der Waals surface area contributed by atoms with Crippen LogP contribution >= 0.6 is 0 Å². The fraction of sp³-hybridized carbons (Fsp3) is 0.385. The number of nitrogens with zero attached hydrogens (tertiary/aromatic N) is 2. The van der Waals surface area contributed by atoms with Crippen molar-refractivity contribution < 1.29 is 14.4 Å². The Kier molecular flexibility index (Phi) is 8.20. The van der Waals surface area contributed by atoms with Crippen molar-refractivity contribution >= 4 is 17.7 Å². The lowest BCUT2D eigenvalue weighted by molar-refractivity contribution is -0.140. The van der Waals surface area contributed by atoms with E-state index in [4.69, 9.17) is 5.26 Å². The summed E-state index contributed by atoms with van der Waals surface area (Å²) in [5.74, 6) is -0.524. The molecule has 7 nitrogen and oxygen atoms in total. The zero-order valence-electron chi connectivity index (χ0n) is 19.1. The number of nitrogens with one attached hydrogen (secondary N) is 2. The van der Waals surface area contributed by atoms with E-state index in [1.54, 1.807) is 53.4 Å². The highest BCUT2D eigenvalue weighted by molar-refractivity contribution is 5.98. The quantitative estimate of drug-likeness (QED) is 0.651. The molecule has 1 unspecified atom stereocenters. The molecule has 0 radical (unpaired) electrons. The van der Waals surface area contributed by atoms with Crippen molar-refractivity contribution in [1.29, 1.82) is 5.26 Å². The van der Waals surface area contributed by atoms with Crippen LogP contribution in [-0.2, 0) is 16.1 Å². The maximum absolute atomic E-state index is 13.4. The monoisotopic (exact) mass is 446 g/mol. The van der Waals surface area contributed by atoms with Gasteiger partial charge in [-0.05, 0) is 55.0 Å². The van der Waals surface area contributed by atoms with Crippen molar-refractivity contribution in [2.45, 2.75) is 51.7 Å². The number of carbonyl (C=O) groups is 3. The second-order valence-corrected chi connectivity index (χ2v) is 8.74. The average Bonchev–Trinajstić information content (AvgIpc) is 3.32. The van der Waals surface area contributed by atoms with E-state index in [1.165, 1.54) is 0 Å². The summed E-state index contributed by atoms with van der Waals surface area (Å²) in [7, 11) is 0. The van der Waals surface area contributed by atoms with Crippen molar-refractivity contribution in [3.05, 3.63) is 71.3 Å². The molecule has 0 spiro atoms. The van der Waals surface area contributed by atoms with Crippen LogP contribution in [0, 0.1) is 17.2 Å². The van der Waals surface area contributed by atoms with Gasteiger partial charge in [-0.3, -0.25) is 14.4 Å². The molecule has 1 saturated heterocycles. The van der Waals surface area contributed by atoms with Crippen molar-refractivity contribution in [1.82, 2.24) is 15.5 Å². The summed E-state index contributed by atoms with van der Waals surface area (Å²) in [6, 6.07) is 16.6. The Morgan fingerprint density at radius 2 is 1.79 bits per heavy atom. The molecule has 2 atom stereocenters. The molecule has 0 bridgehead atoms. The molecule has 7 heteroatoms. The van der Waals surface area contributed by atoms with Gasteiger partial charge >= 0.3 is 0 Å². The SMILES string of the molecule is CC(C)CC(NC(=O)c1ccccc1)C(=O)N1CCC[C@H]1C(=O)NCc1ccc(C#N)cc1. The molecule has 0 saturated carbocycles. The minimum absolute atomic E-state index is 0.196. The van der Waals surface area contributed by atoms with E-state index in [9.17, 15) is 14.4 Å². The molecule has 1 fully saturated rings. The topological polar surface area (TPSA) is 102 Å². The lowest BCUT2D eigenvalue weighted by Crippen LogP contribution is -2.53. The van der Waals surface area contributed by atoms with E-state index < -0.39 is 12.1 Å². The molecule has 1 aliphatic heterocycles. The molecule has 33 heavy (non-hydrogen) atoms. The van der Waals surface area contributed by atoms with Crippen LogP contribution in [0.4, 0.5) is 0 Å². The van der Waals surface area contributed by atoms with E-state index in [-0.39, 0.29) is 23.6 Å². The highest BCUT2D eigenvalue weighted by Crippen LogP contribution is 2.21. The molecule has 172 valence electrons. The zero-order valence-corrected chi connectivity index (χ0v) is 19.1. The van der Waals surface area contributed by atoms with Crippen LogP contribution in [0.5, 0.6) is 0 Å². The molecule has 3 rings (SSSR count). The van der Waals surface area contributed by atoms with Gasteiger partial charge in [-0.25, -0.2) is 0 Å². The Balaban J connectivity index is 1.66. The maximum Gasteiger partial charge on any atom is 0.251 e. The van der Waals surface area contributed by atoms with Crippen LogP contribution < -0.4 is 10.6 Å². The highest BCUT2D eigenvalue weighted by Gasteiger charge is 2.37. The number of rotatable bonds is 8. The number of nitriles is 1. The smallest absolute Gasteiger partial charge is 0.251 e. The minimum atomic E-state index is -0.690. The zero-order chi connectivity index (χ0) is 23.8. The Bertz CT molecular complexity index is 1010. The fourth-order valence-corrected chi connectivity index (χ4v) is 4.03. The summed E-state index contributed by atoms with van der Waals surface area (Å²) < 4.78 is 0. The van der Waals surface area contributed by atoms with Crippen LogP contribution in [0.15, 0.2) is 54.6 Å². The van der Waals surface area contributed by atoms with Crippen LogP contribution in [0.25, 0.3) is 0 Å². The van der Waals surface area contributed by atoms with Crippen LogP contribution in [-0.4, -0.2) is 41.2 Å². The van der Waals surface area contributed by atoms with Gasteiger partial charge in [0.2, 0.25) is 11.8 Å². The molecular weight excluding hydrogens is 416 g/mol. The minimum Gasteiger partial charge on any atom is -0.350 e. The van der Waals surface area contributed by atoms with Crippen LogP contribution in [0.1, 0.15) is 54.6 Å². The highest BCUT2D eigenvalue weighted by atomic mass is 16.2. The number of hydrogen-bond acceptors (Lipinski definition) is 4. The molecule has 1 heterocycles. The van der Waals surface area contributed by atoms with Crippen LogP contribution in [0.2, 0.25) is 0 Å². The van der Waals surface area contributed by atoms with Crippen molar-refractivity contribution in [3.8, 4) is 6.07 Å². The van der Waals surface area contributed by atoms with Gasteiger partial charge in [0, 0.05) is 18.7 Å². The van der Waals surface area contributed by atoms with E-state index in [0.29, 0.717) is 37.1 Å². The summed E-state index contributed by atoms with van der Waals surface area (Å²) in [5.41, 5.74) is 1.94. The molecule has 2 aromatic rings. The molecule has 3 amide bonds. The third-order valence-electron chi connectivity index (χ3n) is 5.73. The molecule has 2 aromatic carbocycles. The fourth-order valence-electron chi connectivity index (χ4n) is 4.03. The van der Waals surface area contributed by atoms with Gasteiger partial charge in [-0.15, -0.1) is 0 Å². The first-order valence-electron chi connectivity index (χ1n) is 11.3. The van der Waals surface area contributed by atoms with E-state index >= 15 is 0 Å². The number of benzene rings is 2. The molecule has 0 aliphatic carbocycles. The van der Waals surface area contributed by atoms with Gasteiger partial charge in [0.05, 0.1) is 11.6 Å². The lowest BCUT2D eigenvalue weighted by Gasteiger charge is -2.29. The third kappa shape index (κ3) is 6.42. The molecule has 0 aromatic heterocycles. The van der Waals surface area contributed by atoms with Crippen LogP contribution in [0.3, 0.4) is 0 Å². The van der Waals surface area contributed by atoms with Gasteiger partial charge in [0.15, 0.2) is 0 Å². The first-order valence-corrected chi connectivity index (χ1v) is 11.3. The Labute approximate surface area is 194 Å². The van der Waals surface area contributed by atoms with Crippen molar-refractivity contribution in [3.63, 3.8) is 0 Å². The first kappa shape index (κ1) is 24.0. The summed E-state index contributed by atoms with van der Waals surface area (Å²) >= 11 is 0. The Morgan fingerprint density at radius 3 is 2.42 bits per heavy atom. The first-order chi connectivity index (χ1) is 15.9. The maximum atomic E-state index is 13.4. The summed E-state index contributed by atoms with van der Waals surface area (Å²) in [6.07, 6.45) is 1.82. The average molecular weight is 447 g/mol. The van der Waals surface area contributed by atoms with E-state index in [2.05, 4.69) is 16.7 Å². The summed E-state index contributed by atoms with van der Waals surface area (Å²) in [6.45, 7) is 4.81. The second kappa shape index (κ2) is 11.3. The van der Waals surface area contributed by atoms with Gasteiger partial charge in [0.25, 0.3) is 5.91 Å². The number of likely N-dealkylation sites (tertiary alicyclic amines) is 1. The molecule has 2 N–H and O–H groups in total. The normalized spacial score (nSPS) is 16.2. The van der Waals surface area contributed by atoms with Gasteiger partial charge in [0.1, 0.15) is 12.1 Å². The lowest BCUT2D eigenvalue weighted by atomic mass is 10.0. The number of carbonyl (C=O) groups excluding carboxylic acids is 3. The number of amides is 3. The van der Waals surface area contributed by atoms with Gasteiger partial charge in [-0.1, -0.05) is 44.2 Å². The summed E-state index contributed by atoms with van der Waals surface area (Å²) in [5, 5.41) is 14.7. The Hall–Kier alpha value is -3.66. The standard InChI is InChI=1S/C26H30N4O3/c1-18(2)15-22(29-24(31)21-7-4-3-5-8-21)26(33)30-14-6-9-23(30)25(32)28-17-20-12-10-19(16-27)11-13-20/h3-5,7-8,10-13,18,22-23H,6,9,14-15,17H2,1-2H3,(H,28,32)(H,29,31)/t22?,23-/m0/s1. The van der Waals surface area contributed by atoms with Gasteiger partial charge < -0.3 is 15.5 Å². The third-order valence-corrected chi connectivity index (χ3v) is 5.73. The second-order valence-electron chi connectivity index (χ2n) is 8.74. The van der Waals surface area contributed by atoms with Gasteiger partial charge in [-0.2, -0.15) is 5.26 Å². The Morgan fingerprint density at radius 1 is 1.09 bits per heavy atom. The summed E-state index contributed by atoms with van der Waals surface area (Å²) in [4.78, 5) is 40.6. The van der Waals surface area contributed by atoms with E-state index in [0.717, 1.165) is 12.0 Å². The molecular formula is C26H30N4O3.